The number of carbonyl (C=O) groups excluding carboxylic acids is 3. The maximum atomic E-state index is 13.6. The number of rotatable bonds is 11. The van der Waals surface area contributed by atoms with Gasteiger partial charge in [-0.2, -0.15) is 4.99 Å². The maximum absolute atomic E-state index is 13.6. The van der Waals surface area contributed by atoms with Crippen LogP contribution < -0.4 is 16.0 Å². The van der Waals surface area contributed by atoms with Gasteiger partial charge in [0, 0.05) is 36.6 Å². The molecule has 2 aromatic carbocycles. The predicted octanol–water partition coefficient (Wildman–Crippen LogP) is 3.78. The Morgan fingerprint density at radius 1 is 1.10 bits per heavy atom. The molecule has 3 N–H and O–H groups in total. The summed E-state index contributed by atoms with van der Waals surface area (Å²) in [5.74, 6) is 0.570. The molecule has 2 aliphatic rings. The predicted molar refractivity (Wildman–Crippen MR) is 176 cm³/mol. The molecule has 4 heterocycles. The highest BCUT2D eigenvalue weighted by atomic mass is 16.7. The molecule has 0 unspecified atom stereocenters. The number of nitrogens with one attached hydrogen (secondary N) is 1. The van der Waals surface area contributed by atoms with Crippen LogP contribution in [0.5, 0.6) is 0 Å². The van der Waals surface area contributed by atoms with E-state index in [9.17, 15) is 14.4 Å². The minimum absolute atomic E-state index is 0.0215. The maximum Gasteiger partial charge on any atom is 0.435 e. The fourth-order valence-electron chi connectivity index (χ4n) is 5.77. The summed E-state index contributed by atoms with van der Waals surface area (Å²) >= 11 is 0. The van der Waals surface area contributed by atoms with E-state index in [0.29, 0.717) is 35.6 Å². The summed E-state index contributed by atoms with van der Waals surface area (Å²) in [6.07, 6.45) is 0.935. The number of fused-ring (bicyclic) bond motifs is 2. The Balaban J connectivity index is 1.09. The van der Waals surface area contributed by atoms with Gasteiger partial charge in [0.05, 0.1) is 49.7 Å². The van der Waals surface area contributed by atoms with Crippen molar-refractivity contribution in [1.82, 2.24) is 14.5 Å². The van der Waals surface area contributed by atoms with Gasteiger partial charge in [-0.1, -0.05) is 6.07 Å². The molecule has 250 valence electrons. The summed E-state index contributed by atoms with van der Waals surface area (Å²) in [4.78, 5) is 52.6. The monoisotopic (exact) mass is 655 g/mol. The Kier molecular flexibility index (Phi) is 9.92. The van der Waals surface area contributed by atoms with Crippen molar-refractivity contribution in [2.45, 2.75) is 38.7 Å². The number of pyridine rings is 1. The lowest BCUT2D eigenvalue weighted by atomic mass is 10.0. The van der Waals surface area contributed by atoms with Crippen molar-refractivity contribution in [2.75, 3.05) is 36.6 Å². The van der Waals surface area contributed by atoms with Gasteiger partial charge in [0.1, 0.15) is 23.6 Å². The van der Waals surface area contributed by atoms with E-state index in [1.807, 2.05) is 29.8 Å². The van der Waals surface area contributed by atoms with Gasteiger partial charge in [-0.3, -0.25) is 14.5 Å². The number of amidine groups is 1. The summed E-state index contributed by atoms with van der Waals surface area (Å²) in [7, 11) is 1.91. The number of nitrogens with zero attached hydrogens (tertiary/aromatic N) is 5. The number of anilines is 2. The highest BCUT2D eigenvalue weighted by Gasteiger charge is 2.43. The number of imidazole rings is 1. The average Bonchev–Trinajstić information content (AvgIpc) is 3.80. The third-order valence-corrected chi connectivity index (χ3v) is 8.32. The molecule has 48 heavy (non-hydrogen) atoms. The second kappa shape index (κ2) is 14.6. The second-order valence-electron chi connectivity index (χ2n) is 11.4. The topological polar surface area (TPSA) is 172 Å². The zero-order chi connectivity index (χ0) is 33.6. The van der Waals surface area contributed by atoms with Crippen molar-refractivity contribution in [3.05, 3.63) is 83.8 Å². The van der Waals surface area contributed by atoms with Gasteiger partial charge in [0.25, 0.3) is 5.91 Å². The Bertz CT molecular complexity index is 1810. The molecule has 3 atom stereocenters. The lowest BCUT2D eigenvalue weighted by Gasteiger charge is -2.21. The normalized spacial score (nSPS) is 18.8. The van der Waals surface area contributed by atoms with Gasteiger partial charge in [-0.05, 0) is 67.9 Å². The molecule has 4 aromatic rings. The van der Waals surface area contributed by atoms with Crippen LogP contribution in [0.2, 0.25) is 0 Å². The number of benzene rings is 2. The summed E-state index contributed by atoms with van der Waals surface area (Å²) in [5, 5.41) is 3.35. The van der Waals surface area contributed by atoms with Gasteiger partial charge in [-0.15, -0.1) is 0 Å². The molecular weight excluding hydrogens is 618 g/mol. The lowest BCUT2D eigenvalue weighted by molar-refractivity contribution is -0.142. The quantitative estimate of drug-likeness (QED) is 0.137. The Morgan fingerprint density at radius 3 is 2.69 bits per heavy atom. The minimum Gasteiger partial charge on any atom is -0.466 e. The molecule has 14 nitrogen and oxygen atoms in total. The lowest BCUT2D eigenvalue weighted by Crippen LogP contribution is -2.34. The molecule has 0 bridgehead atoms. The van der Waals surface area contributed by atoms with Crippen LogP contribution in [0.25, 0.3) is 11.0 Å². The van der Waals surface area contributed by atoms with Crippen LogP contribution in [-0.4, -0.2) is 77.1 Å². The third kappa shape index (κ3) is 7.29. The summed E-state index contributed by atoms with van der Waals surface area (Å²) in [6, 6.07) is 17.8. The first kappa shape index (κ1) is 32.6. The first-order valence-corrected chi connectivity index (χ1v) is 15.8. The molecule has 0 radical (unpaired) electrons. The summed E-state index contributed by atoms with van der Waals surface area (Å²) in [6.45, 7) is 3.40. The molecule has 2 aliphatic heterocycles. The number of hydrogen-bond donors (Lipinski definition) is 2. The molecule has 2 aromatic heterocycles. The van der Waals surface area contributed by atoms with E-state index >= 15 is 0 Å². The van der Waals surface area contributed by atoms with Gasteiger partial charge in [-0.25, -0.2) is 14.8 Å². The molecule has 2 amide bonds. The minimum atomic E-state index is -0.760. The Labute approximate surface area is 276 Å². The largest absolute Gasteiger partial charge is 0.466 e. The molecule has 0 aliphatic carbocycles. The van der Waals surface area contributed by atoms with E-state index in [0.717, 1.165) is 23.4 Å². The highest BCUT2D eigenvalue weighted by molar-refractivity contribution is 6.07. The van der Waals surface area contributed by atoms with Crippen LogP contribution in [0.4, 0.5) is 16.3 Å². The van der Waals surface area contributed by atoms with Crippen LogP contribution in [0, 0.1) is 5.92 Å². The number of aromatic nitrogens is 3. The van der Waals surface area contributed by atoms with E-state index in [2.05, 4.69) is 15.3 Å². The Hall–Kier alpha value is -5.34. The van der Waals surface area contributed by atoms with Crippen LogP contribution in [0.15, 0.2) is 71.9 Å². The van der Waals surface area contributed by atoms with Gasteiger partial charge in [0.2, 0.25) is 0 Å². The molecular formula is C34H37N7O7. The number of nitrogens with two attached hydrogens (primary N) is 1. The highest BCUT2D eigenvalue weighted by Crippen LogP contribution is 2.33. The van der Waals surface area contributed by atoms with Crippen molar-refractivity contribution >= 4 is 46.3 Å². The van der Waals surface area contributed by atoms with Crippen molar-refractivity contribution in [3.63, 3.8) is 0 Å². The average molecular weight is 656 g/mol. The van der Waals surface area contributed by atoms with Crippen molar-refractivity contribution in [2.24, 2.45) is 23.7 Å². The fraction of sp³-hybridized carbons (Fsp3) is 0.353. The molecule has 14 heteroatoms. The van der Waals surface area contributed by atoms with Crippen LogP contribution in [-0.2, 0) is 37.3 Å². The number of carbonyl (C=O) groups is 3. The number of hydrogen-bond acceptors (Lipinski definition) is 10. The van der Waals surface area contributed by atoms with E-state index in [4.69, 9.17) is 29.7 Å². The van der Waals surface area contributed by atoms with Crippen molar-refractivity contribution < 1.29 is 33.3 Å². The standard InChI is InChI=1S/C34H37N7O7/c1-3-45-30(42)13-16-41(28-6-4-5-15-36-28)32(43)22-9-12-26-25(18-22)38-29(40(26)2)19-37-23-10-7-21(8-11-23)31(35)39-34(44)48-27-20-47-33-24(27)14-17-46-33/h4-12,15,18,24,27,33,37H,3,13-14,16-17,19-20H2,1-2H3,(H2,35,39,44)/t24-,27-,33+/m0/s1. The Morgan fingerprint density at radius 2 is 1.92 bits per heavy atom. The smallest absolute Gasteiger partial charge is 0.435 e. The molecule has 0 spiro atoms. The van der Waals surface area contributed by atoms with E-state index in [-0.39, 0.29) is 56.1 Å². The molecule has 6 rings (SSSR count). The summed E-state index contributed by atoms with van der Waals surface area (Å²) in [5.41, 5.74) is 9.39. The van der Waals surface area contributed by atoms with Crippen LogP contribution >= 0.6 is 0 Å². The van der Waals surface area contributed by atoms with Gasteiger partial charge < -0.3 is 34.6 Å². The zero-order valence-corrected chi connectivity index (χ0v) is 26.7. The first-order chi connectivity index (χ1) is 23.3. The van der Waals surface area contributed by atoms with Crippen LogP contribution in [0.1, 0.15) is 41.5 Å². The van der Waals surface area contributed by atoms with Crippen molar-refractivity contribution in [1.29, 1.82) is 0 Å². The zero-order valence-electron chi connectivity index (χ0n) is 26.7. The van der Waals surface area contributed by atoms with Gasteiger partial charge >= 0.3 is 12.1 Å². The van der Waals surface area contributed by atoms with E-state index < -0.39 is 12.2 Å². The first-order valence-electron chi connectivity index (χ1n) is 15.8. The van der Waals surface area contributed by atoms with Crippen LogP contribution in [0.3, 0.4) is 0 Å². The summed E-state index contributed by atoms with van der Waals surface area (Å²) < 4.78 is 23.4. The fourth-order valence-corrected chi connectivity index (χ4v) is 5.77. The number of amides is 2. The number of aliphatic imine (C=N–C) groups is 1. The second-order valence-corrected chi connectivity index (χ2v) is 11.4. The molecule has 2 saturated heterocycles. The number of ether oxygens (including phenoxy) is 4. The van der Waals surface area contributed by atoms with E-state index in [1.54, 1.807) is 55.6 Å². The third-order valence-electron chi connectivity index (χ3n) is 8.32. The van der Waals surface area contributed by atoms with Crippen molar-refractivity contribution in [3.8, 4) is 0 Å². The number of aryl methyl sites for hydroxylation is 1. The van der Waals surface area contributed by atoms with Gasteiger partial charge in [0.15, 0.2) is 6.29 Å². The molecule has 2 fully saturated rings. The number of esters is 1. The SMILES string of the molecule is CCOC(=O)CCN(C(=O)c1ccc2c(c1)nc(CNc1ccc(/C(N)=N/C(=O)O[C@H]3CO[C@H]4OCC[C@H]43)cc1)n2C)c1ccccn1. The molecule has 0 saturated carbocycles. The van der Waals surface area contributed by atoms with E-state index in [1.165, 1.54) is 4.90 Å².